The predicted octanol–water partition coefficient (Wildman–Crippen LogP) is 5.34. The summed E-state index contributed by atoms with van der Waals surface area (Å²) in [5.74, 6) is 0. The van der Waals surface area contributed by atoms with Gasteiger partial charge in [-0.2, -0.15) is 0 Å². The second-order valence-electron chi connectivity index (χ2n) is 6.33. The first-order valence-electron chi connectivity index (χ1n) is 8.54. The molecule has 0 aliphatic heterocycles. The molecule has 1 saturated carbocycles. The van der Waals surface area contributed by atoms with Crippen LogP contribution in [0.3, 0.4) is 0 Å². The van der Waals surface area contributed by atoms with Crippen molar-refractivity contribution in [2.75, 3.05) is 0 Å². The predicted molar refractivity (Wildman–Crippen MR) is 99.8 cm³/mol. The van der Waals surface area contributed by atoms with E-state index >= 15 is 0 Å². The molecule has 0 amide bonds. The van der Waals surface area contributed by atoms with Crippen molar-refractivity contribution in [3.63, 3.8) is 0 Å². The van der Waals surface area contributed by atoms with Crippen LogP contribution >= 0.6 is 0 Å². The fourth-order valence-electron chi connectivity index (χ4n) is 3.48. The number of aliphatic hydroxyl groups is 1. The molecular weight excluding hydrogens is 292 g/mol. The minimum absolute atomic E-state index is 0.348. The average Bonchev–Trinajstić information content (AvgIpc) is 3.05. The molecule has 0 aromatic heterocycles. The molecule has 0 bridgehead atoms. The van der Waals surface area contributed by atoms with Crippen LogP contribution in [0.5, 0.6) is 0 Å². The van der Waals surface area contributed by atoms with Gasteiger partial charge in [-0.05, 0) is 41.2 Å². The zero-order valence-electron chi connectivity index (χ0n) is 13.6. The van der Waals surface area contributed by atoms with E-state index in [-0.39, 0.29) is 6.10 Å². The molecule has 0 heterocycles. The van der Waals surface area contributed by atoms with Gasteiger partial charge in [0.25, 0.3) is 0 Å². The molecule has 0 unspecified atom stereocenters. The Bertz CT molecular complexity index is 925. The largest absolute Gasteiger partial charge is 0.388 e. The molecular formula is C23H20O. The molecule has 1 heteroatoms. The van der Waals surface area contributed by atoms with Gasteiger partial charge < -0.3 is 5.11 Å². The maximum absolute atomic E-state index is 10.2. The molecule has 1 aliphatic carbocycles. The topological polar surface area (TPSA) is 20.2 Å². The fraction of sp³-hybridized carbons (Fsp3) is 0.174. The SMILES string of the molecule is O[C@@H]1CCCC1=C=C(c1ccccc1)c1cccc2ccccc12. The molecule has 3 aromatic rings. The first-order chi connectivity index (χ1) is 11.8. The Balaban J connectivity index is 2.02. The van der Waals surface area contributed by atoms with Crippen LogP contribution in [0.4, 0.5) is 0 Å². The molecule has 1 N–H and O–H groups in total. The molecule has 0 spiro atoms. The van der Waals surface area contributed by atoms with Gasteiger partial charge in [-0.15, -0.1) is 5.73 Å². The highest BCUT2D eigenvalue weighted by molar-refractivity contribution is 5.97. The zero-order valence-corrected chi connectivity index (χ0v) is 13.6. The summed E-state index contributed by atoms with van der Waals surface area (Å²) in [6.45, 7) is 0. The van der Waals surface area contributed by atoms with Gasteiger partial charge in [0.05, 0.1) is 6.10 Å². The summed E-state index contributed by atoms with van der Waals surface area (Å²) in [6.07, 6.45) is 2.47. The summed E-state index contributed by atoms with van der Waals surface area (Å²) in [7, 11) is 0. The smallest absolute Gasteiger partial charge is 0.0824 e. The lowest BCUT2D eigenvalue weighted by atomic mass is 9.93. The van der Waals surface area contributed by atoms with Crippen molar-refractivity contribution < 1.29 is 5.11 Å². The molecule has 1 fully saturated rings. The van der Waals surface area contributed by atoms with Crippen molar-refractivity contribution in [1.82, 2.24) is 0 Å². The zero-order chi connectivity index (χ0) is 16.4. The van der Waals surface area contributed by atoms with Gasteiger partial charge in [0.15, 0.2) is 0 Å². The van der Waals surface area contributed by atoms with Crippen LogP contribution in [0, 0.1) is 0 Å². The van der Waals surface area contributed by atoms with Crippen LogP contribution in [0.1, 0.15) is 30.4 Å². The summed E-state index contributed by atoms with van der Waals surface area (Å²) >= 11 is 0. The highest BCUT2D eigenvalue weighted by atomic mass is 16.3. The van der Waals surface area contributed by atoms with Gasteiger partial charge in [-0.25, -0.2) is 0 Å². The summed E-state index contributed by atoms with van der Waals surface area (Å²) in [5, 5.41) is 12.7. The molecule has 4 rings (SSSR count). The normalized spacial score (nSPS) is 17.0. The van der Waals surface area contributed by atoms with Crippen LogP contribution < -0.4 is 0 Å². The Morgan fingerprint density at radius 1 is 0.875 bits per heavy atom. The number of aliphatic hydroxyl groups excluding tert-OH is 1. The van der Waals surface area contributed by atoms with Crippen molar-refractivity contribution in [2.24, 2.45) is 0 Å². The van der Waals surface area contributed by atoms with E-state index in [0.29, 0.717) is 0 Å². The van der Waals surface area contributed by atoms with Crippen molar-refractivity contribution in [2.45, 2.75) is 25.4 Å². The Morgan fingerprint density at radius 2 is 1.62 bits per heavy atom. The van der Waals surface area contributed by atoms with Gasteiger partial charge in [0, 0.05) is 11.1 Å². The third-order valence-electron chi connectivity index (χ3n) is 4.73. The van der Waals surface area contributed by atoms with Gasteiger partial charge in [0.1, 0.15) is 0 Å². The van der Waals surface area contributed by atoms with E-state index in [9.17, 15) is 5.11 Å². The van der Waals surface area contributed by atoms with Crippen molar-refractivity contribution in [1.29, 1.82) is 0 Å². The lowest BCUT2D eigenvalue weighted by Crippen LogP contribution is -2.00. The average molecular weight is 312 g/mol. The molecule has 0 radical (unpaired) electrons. The number of hydrogen-bond acceptors (Lipinski definition) is 1. The Labute approximate surface area is 142 Å². The molecule has 0 saturated heterocycles. The lowest BCUT2D eigenvalue weighted by molar-refractivity contribution is 0.218. The standard InChI is InChI=1S/C23H20O/c24-23-15-7-12-19(23)16-22(18-8-2-1-3-9-18)21-14-6-11-17-10-4-5-13-20(17)21/h1-6,8-11,13-14,23-24H,7,12,15H2/t16?,23-/m1/s1. The summed E-state index contributed by atoms with van der Waals surface area (Å²) in [5.41, 5.74) is 7.99. The third kappa shape index (κ3) is 2.80. The van der Waals surface area contributed by atoms with E-state index in [1.165, 1.54) is 16.3 Å². The quantitative estimate of drug-likeness (QED) is 0.633. The molecule has 24 heavy (non-hydrogen) atoms. The van der Waals surface area contributed by atoms with E-state index in [2.05, 4.69) is 72.5 Å². The maximum atomic E-state index is 10.2. The van der Waals surface area contributed by atoms with E-state index in [1.54, 1.807) is 0 Å². The van der Waals surface area contributed by atoms with Crippen molar-refractivity contribution in [3.05, 3.63) is 95.2 Å². The Morgan fingerprint density at radius 3 is 2.42 bits per heavy atom. The minimum Gasteiger partial charge on any atom is -0.388 e. The fourth-order valence-corrected chi connectivity index (χ4v) is 3.48. The van der Waals surface area contributed by atoms with Gasteiger partial charge in [0.2, 0.25) is 0 Å². The number of hydrogen-bond donors (Lipinski definition) is 1. The first kappa shape index (κ1) is 15.0. The highest BCUT2D eigenvalue weighted by Gasteiger charge is 2.18. The summed E-state index contributed by atoms with van der Waals surface area (Å²) in [4.78, 5) is 0. The van der Waals surface area contributed by atoms with E-state index in [1.807, 2.05) is 6.07 Å². The number of rotatable bonds is 2. The number of benzene rings is 3. The van der Waals surface area contributed by atoms with Crippen LogP contribution in [-0.2, 0) is 0 Å². The van der Waals surface area contributed by atoms with Crippen molar-refractivity contribution in [3.8, 4) is 0 Å². The third-order valence-corrected chi connectivity index (χ3v) is 4.73. The minimum atomic E-state index is -0.348. The summed E-state index contributed by atoms with van der Waals surface area (Å²) < 4.78 is 0. The van der Waals surface area contributed by atoms with Gasteiger partial charge >= 0.3 is 0 Å². The highest BCUT2D eigenvalue weighted by Crippen LogP contribution is 2.32. The first-order valence-corrected chi connectivity index (χ1v) is 8.54. The monoisotopic (exact) mass is 312 g/mol. The summed E-state index contributed by atoms with van der Waals surface area (Å²) in [6, 6.07) is 25.2. The molecule has 3 aromatic carbocycles. The second kappa shape index (κ2) is 6.49. The molecule has 1 atom stereocenters. The van der Waals surface area contributed by atoms with Crippen molar-refractivity contribution >= 4 is 16.3 Å². The molecule has 1 aliphatic rings. The van der Waals surface area contributed by atoms with Gasteiger partial charge in [-0.3, -0.25) is 0 Å². The lowest BCUT2D eigenvalue weighted by Gasteiger charge is -2.11. The van der Waals surface area contributed by atoms with E-state index < -0.39 is 0 Å². The van der Waals surface area contributed by atoms with E-state index in [4.69, 9.17) is 0 Å². The van der Waals surface area contributed by atoms with Crippen LogP contribution in [-0.4, -0.2) is 11.2 Å². The van der Waals surface area contributed by atoms with Crippen LogP contribution in [0.25, 0.3) is 16.3 Å². The second-order valence-corrected chi connectivity index (χ2v) is 6.33. The Hall–Kier alpha value is -2.60. The van der Waals surface area contributed by atoms with Gasteiger partial charge in [-0.1, -0.05) is 72.8 Å². The van der Waals surface area contributed by atoms with Crippen LogP contribution in [0.15, 0.2) is 84.1 Å². The van der Waals surface area contributed by atoms with Crippen LogP contribution in [0.2, 0.25) is 0 Å². The Kier molecular flexibility index (Phi) is 4.04. The maximum Gasteiger partial charge on any atom is 0.0824 e. The molecule has 1 nitrogen and oxygen atoms in total. The number of fused-ring (bicyclic) bond motifs is 1. The molecule has 118 valence electrons. The van der Waals surface area contributed by atoms with E-state index in [0.717, 1.165) is 36.0 Å².